The predicted octanol–water partition coefficient (Wildman–Crippen LogP) is 3.27. The molecule has 0 atom stereocenters. The number of Topliss-reactive ketones (excluding diaryl/α,β-unsaturated/α-hetero) is 1. The number of carboxylic acids is 1. The van der Waals surface area contributed by atoms with Gasteiger partial charge in [-0.2, -0.15) is 0 Å². The van der Waals surface area contributed by atoms with Crippen molar-refractivity contribution >= 4 is 35.0 Å². The third-order valence-corrected chi connectivity index (χ3v) is 2.69. The highest BCUT2D eigenvalue weighted by atomic mass is 35.5. The van der Waals surface area contributed by atoms with Gasteiger partial charge in [0.25, 0.3) is 6.54 Å². The molecule has 1 N–H and O–H groups in total. The number of carbonyl (C=O) groups excluding carboxylic acids is 1. The predicted molar refractivity (Wildman–Crippen MR) is 81.3 cm³/mol. The summed E-state index contributed by atoms with van der Waals surface area (Å²) in [6.45, 7) is 6.35. The molecule has 2 rings (SSSR count). The van der Waals surface area contributed by atoms with Crippen LogP contribution < -0.4 is 0 Å². The molecule has 0 radical (unpaired) electrons. The molecule has 0 aromatic carbocycles. The number of hydrogen-bond donors (Lipinski definition) is 1. The third-order valence-electron chi connectivity index (χ3n) is 2.25. The monoisotopic (exact) mass is 337 g/mol. The Morgan fingerprint density at radius 3 is 1.91 bits per heavy atom. The van der Waals surface area contributed by atoms with Gasteiger partial charge in [-0.1, -0.05) is 23.2 Å². The van der Waals surface area contributed by atoms with Crippen LogP contribution in [0.15, 0.2) is 36.7 Å². The number of pyridine rings is 2. The van der Waals surface area contributed by atoms with Gasteiger partial charge in [0.15, 0.2) is 0 Å². The van der Waals surface area contributed by atoms with Crippen LogP contribution >= 0.6 is 23.2 Å². The average molecular weight is 338 g/mol. The topological polar surface area (TPSA) is 84.5 Å². The maximum atomic E-state index is 11.1. The third kappa shape index (κ3) is 5.87. The second-order valence-corrected chi connectivity index (χ2v) is 4.56. The fraction of sp³-hybridized carbons (Fsp3) is 0.0714. The van der Waals surface area contributed by atoms with Crippen LogP contribution in [0.5, 0.6) is 0 Å². The van der Waals surface area contributed by atoms with Gasteiger partial charge < -0.3 is 9.95 Å². The number of aromatic carboxylic acids is 1. The average Bonchev–Trinajstić information content (AvgIpc) is 2.49. The Kier molecular flexibility index (Phi) is 6.96. The molecule has 0 spiro atoms. The van der Waals surface area contributed by atoms with E-state index in [4.69, 9.17) is 34.9 Å². The molecule has 112 valence electrons. The van der Waals surface area contributed by atoms with Crippen molar-refractivity contribution in [2.45, 2.75) is 0 Å². The fourth-order valence-electron chi connectivity index (χ4n) is 1.21. The number of hydrogen-bond acceptors (Lipinski definition) is 4. The molecule has 6 nitrogen and oxygen atoms in total. The zero-order chi connectivity index (χ0) is 16.5. The summed E-state index contributed by atoms with van der Waals surface area (Å²) in [5, 5.41) is 9.03. The quantitative estimate of drug-likeness (QED) is 0.527. The number of aromatic nitrogens is 2. The molecule has 0 saturated heterocycles. The minimum absolute atomic E-state index is 0.136. The molecule has 2 heterocycles. The molecule has 22 heavy (non-hydrogen) atoms. The van der Waals surface area contributed by atoms with Crippen LogP contribution in [0.25, 0.3) is 4.85 Å². The lowest BCUT2D eigenvalue weighted by atomic mass is 10.2. The number of carbonyl (C=O) groups is 2. The van der Waals surface area contributed by atoms with Gasteiger partial charge in [0.1, 0.15) is 10.3 Å². The maximum Gasteiger partial charge on any atom is 0.337 e. The fourth-order valence-corrected chi connectivity index (χ4v) is 1.43. The van der Waals surface area contributed by atoms with Crippen molar-refractivity contribution < 1.29 is 14.7 Å². The van der Waals surface area contributed by atoms with Crippen LogP contribution in [0.4, 0.5) is 0 Å². The van der Waals surface area contributed by atoms with E-state index in [0.717, 1.165) is 0 Å². The van der Waals surface area contributed by atoms with E-state index in [-0.39, 0.29) is 17.9 Å². The Labute approximate surface area is 136 Å². The molecule has 0 fully saturated rings. The molecule has 0 saturated carbocycles. The van der Waals surface area contributed by atoms with E-state index in [1.807, 2.05) is 0 Å². The summed E-state index contributed by atoms with van der Waals surface area (Å²) >= 11 is 10.9. The molecular formula is C14H9Cl2N3O3. The van der Waals surface area contributed by atoms with Gasteiger partial charge >= 0.3 is 5.97 Å². The van der Waals surface area contributed by atoms with Gasteiger partial charge in [-0.25, -0.2) is 21.3 Å². The van der Waals surface area contributed by atoms with E-state index in [1.165, 1.54) is 30.6 Å². The lowest BCUT2D eigenvalue weighted by Crippen LogP contribution is -2.01. The summed E-state index contributed by atoms with van der Waals surface area (Å²) in [5.41, 5.74) is 0.569. The van der Waals surface area contributed by atoms with Crippen LogP contribution in [-0.2, 0) is 0 Å². The molecule has 0 aliphatic rings. The second kappa shape index (κ2) is 8.72. The van der Waals surface area contributed by atoms with E-state index >= 15 is 0 Å². The Bertz CT molecular complexity index is 695. The Hall–Kier alpha value is -2.49. The highest BCUT2D eigenvalue weighted by Gasteiger charge is 2.07. The zero-order valence-electron chi connectivity index (χ0n) is 11.0. The van der Waals surface area contributed by atoms with Crippen molar-refractivity contribution in [1.29, 1.82) is 0 Å². The van der Waals surface area contributed by atoms with Crippen LogP contribution in [0.1, 0.15) is 20.7 Å². The van der Waals surface area contributed by atoms with Crippen LogP contribution in [-0.4, -0.2) is 33.4 Å². The molecule has 0 aliphatic heterocycles. The molecule has 0 amide bonds. The first-order valence-electron chi connectivity index (χ1n) is 5.77. The summed E-state index contributed by atoms with van der Waals surface area (Å²) in [4.78, 5) is 31.6. The van der Waals surface area contributed by atoms with Crippen LogP contribution in [0.2, 0.25) is 10.3 Å². The van der Waals surface area contributed by atoms with Crippen molar-refractivity contribution in [2.24, 2.45) is 0 Å². The highest BCUT2D eigenvalue weighted by Crippen LogP contribution is 2.06. The number of halogens is 2. The Morgan fingerprint density at radius 2 is 1.55 bits per heavy atom. The van der Waals surface area contributed by atoms with Crippen molar-refractivity contribution in [3.8, 4) is 0 Å². The normalized spacial score (nSPS) is 9.14. The first kappa shape index (κ1) is 17.6. The van der Waals surface area contributed by atoms with Gasteiger partial charge in [-0.05, 0) is 24.3 Å². The smallest absolute Gasteiger partial charge is 0.337 e. The van der Waals surface area contributed by atoms with Gasteiger partial charge in [0, 0.05) is 18.0 Å². The summed E-state index contributed by atoms with van der Waals surface area (Å²) in [5.74, 6) is -1.22. The number of ketones is 1. The van der Waals surface area contributed by atoms with Gasteiger partial charge in [-0.3, -0.25) is 4.79 Å². The van der Waals surface area contributed by atoms with Crippen molar-refractivity contribution in [3.63, 3.8) is 0 Å². The van der Waals surface area contributed by atoms with E-state index in [9.17, 15) is 9.59 Å². The van der Waals surface area contributed by atoms with Crippen LogP contribution in [0.3, 0.4) is 0 Å². The largest absolute Gasteiger partial charge is 0.478 e. The number of rotatable bonds is 3. The minimum atomic E-state index is -0.996. The van der Waals surface area contributed by atoms with Crippen molar-refractivity contribution in [1.82, 2.24) is 9.97 Å². The van der Waals surface area contributed by atoms with Gasteiger partial charge in [0.2, 0.25) is 5.78 Å². The number of carboxylic acid groups (broad SMARTS) is 1. The first-order valence-corrected chi connectivity index (χ1v) is 6.52. The maximum absolute atomic E-state index is 11.1. The molecule has 2 aromatic heterocycles. The van der Waals surface area contributed by atoms with Gasteiger partial charge in [-0.15, -0.1) is 0 Å². The van der Waals surface area contributed by atoms with E-state index in [2.05, 4.69) is 14.8 Å². The van der Waals surface area contributed by atoms with E-state index in [0.29, 0.717) is 15.9 Å². The van der Waals surface area contributed by atoms with E-state index in [1.54, 1.807) is 6.07 Å². The van der Waals surface area contributed by atoms with Crippen LogP contribution in [0, 0.1) is 6.57 Å². The standard InChI is InChI=1S/C8H5ClN2O.C6H4ClNO2/c1-10-5-7(12)6-2-3-8(9)11-4-6;7-5-2-1-4(3-8-5)6(9)10/h2-4H,5H2;1-3H,(H,9,10). The summed E-state index contributed by atoms with van der Waals surface area (Å²) in [6.07, 6.45) is 2.58. The molecular weight excluding hydrogens is 329 g/mol. The molecule has 0 aliphatic carbocycles. The summed E-state index contributed by atoms with van der Waals surface area (Å²) in [6, 6.07) is 5.92. The van der Waals surface area contributed by atoms with Crippen molar-refractivity contribution in [3.05, 3.63) is 69.5 Å². The minimum Gasteiger partial charge on any atom is -0.478 e. The molecule has 0 bridgehead atoms. The van der Waals surface area contributed by atoms with E-state index < -0.39 is 5.97 Å². The lowest BCUT2D eigenvalue weighted by molar-refractivity contribution is 0.0696. The second-order valence-electron chi connectivity index (χ2n) is 3.78. The molecule has 0 unspecified atom stereocenters. The van der Waals surface area contributed by atoms with Crippen molar-refractivity contribution in [2.75, 3.05) is 6.54 Å². The zero-order valence-corrected chi connectivity index (χ0v) is 12.5. The Morgan fingerprint density at radius 1 is 1.05 bits per heavy atom. The Balaban J connectivity index is 0.000000224. The summed E-state index contributed by atoms with van der Waals surface area (Å²) in [7, 11) is 0. The number of nitrogens with zero attached hydrogens (tertiary/aromatic N) is 3. The lowest BCUT2D eigenvalue weighted by Gasteiger charge is -1.92. The first-order chi connectivity index (χ1) is 10.4. The highest BCUT2D eigenvalue weighted by molar-refractivity contribution is 6.29. The molecule has 2 aromatic rings. The SMILES string of the molecule is O=C(O)c1ccc(Cl)nc1.[C-]#[N+]CC(=O)c1ccc(Cl)nc1. The van der Waals surface area contributed by atoms with Gasteiger partial charge in [0.05, 0.1) is 5.56 Å². The molecule has 8 heteroatoms. The summed E-state index contributed by atoms with van der Waals surface area (Å²) < 4.78 is 0.